The molecule has 8 heteroatoms. The van der Waals surface area contributed by atoms with Gasteiger partial charge in [0.15, 0.2) is 0 Å². The zero-order valence-corrected chi connectivity index (χ0v) is 29.8. The van der Waals surface area contributed by atoms with E-state index in [2.05, 4.69) is 0 Å². The van der Waals surface area contributed by atoms with Gasteiger partial charge in [0.2, 0.25) is 5.79 Å². The smallest absolute Gasteiger partial charge is 0.225 e. The van der Waals surface area contributed by atoms with Crippen molar-refractivity contribution in [2.24, 2.45) is 0 Å². The van der Waals surface area contributed by atoms with E-state index in [9.17, 15) is 5.11 Å². The molecular formula is C43H45ClO7. The van der Waals surface area contributed by atoms with Crippen molar-refractivity contribution in [3.63, 3.8) is 0 Å². The average Bonchev–Trinajstić information content (AvgIpc) is 3.18. The second kappa shape index (κ2) is 17.9. The summed E-state index contributed by atoms with van der Waals surface area (Å²) in [6.45, 7) is 3.05. The Balaban J connectivity index is 1.40. The zero-order valence-electron chi connectivity index (χ0n) is 29.0. The molecule has 0 saturated carbocycles. The van der Waals surface area contributed by atoms with E-state index in [0.717, 1.165) is 33.6 Å². The number of aliphatic hydroxyl groups is 1. The van der Waals surface area contributed by atoms with Crippen molar-refractivity contribution >= 4 is 11.6 Å². The normalized spacial score (nSPS) is 21.7. The molecule has 1 saturated heterocycles. The Hall–Kier alpha value is -4.05. The van der Waals surface area contributed by atoms with Crippen molar-refractivity contribution in [3.05, 3.63) is 172 Å². The molecule has 0 unspecified atom stereocenters. The molecular weight excluding hydrogens is 664 g/mol. The molecule has 5 aromatic rings. The van der Waals surface area contributed by atoms with Crippen LogP contribution < -0.4 is 4.74 Å². The Morgan fingerprint density at radius 3 is 1.75 bits per heavy atom. The molecule has 0 spiro atoms. The van der Waals surface area contributed by atoms with Crippen LogP contribution in [-0.4, -0.2) is 49.8 Å². The summed E-state index contributed by atoms with van der Waals surface area (Å²) in [4.78, 5) is 0. The highest BCUT2D eigenvalue weighted by molar-refractivity contribution is 6.31. The fourth-order valence-corrected chi connectivity index (χ4v) is 6.70. The van der Waals surface area contributed by atoms with Gasteiger partial charge in [-0.25, -0.2) is 0 Å². The predicted molar refractivity (Wildman–Crippen MR) is 198 cm³/mol. The lowest BCUT2D eigenvalue weighted by Crippen LogP contribution is -2.66. The molecule has 5 atom stereocenters. The Bertz CT molecular complexity index is 1770. The number of methoxy groups -OCH3 is 1. The molecule has 7 nitrogen and oxygen atoms in total. The molecule has 1 aliphatic rings. The summed E-state index contributed by atoms with van der Waals surface area (Å²) < 4.78 is 39.2. The van der Waals surface area contributed by atoms with E-state index >= 15 is 0 Å². The van der Waals surface area contributed by atoms with Gasteiger partial charge >= 0.3 is 0 Å². The van der Waals surface area contributed by atoms with Gasteiger partial charge in [-0.2, -0.15) is 0 Å². The monoisotopic (exact) mass is 708 g/mol. The predicted octanol–water partition coefficient (Wildman–Crippen LogP) is 8.28. The maximum absolute atomic E-state index is 10.9. The van der Waals surface area contributed by atoms with Crippen LogP contribution in [0.15, 0.2) is 133 Å². The van der Waals surface area contributed by atoms with Gasteiger partial charge in [0.05, 0.1) is 33.0 Å². The van der Waals surface area contributed by atoms with Crippen LogP contribution in [0.25, 0.3) is 0 Å². The van der Waals surface area contributed by atoms with Crippen LogP contribution in [0.5, 0.6) is 5.75 Å². The summed E-state index contributed by atoms with van der Waals surface area (Å²) in [6.07, 6.45) is -2.53. The number of benzene rings is 5. The van der Waals surface area contributed by atoms with E-state index in [1.165, 1.54) is 0 Å². The molecule has 1 N–H and O–H groups in total. The van der Waals surface area contributed by atoms with Crippen LogP contribution in [0.3, 0.4) is 0 Å². The minimum atomic E-state index is -1.51. The fourth-order valence-electron chi connectivity index (χ4n) is 6.51. The van der Waals surface area contributed by atoms with Crippen molar-refractivity contribution in [2.75, 3.05) is 20.3 Å². The van der Waals surface area contributed by atoms with E-state index in [-0.39, 0.29) is 26.4 Å². The second-order valence-corrected chi connectivity index (χ2v) is 12.9. The molecule has 0 aromatic heterocycles. The van der Waals surface area contributed by atoms with Crippen LogP contribution in [0, 0.1) is 0 Å². The first-order valence-electron chi connectivity index (χ1n) is 17.3. The molecule has 0 radical (unpaired) electrons. The average molecular weight is 709 g/mol. The van der Waals surface area contributed by atoms with Gasteiger partial charge in [0.25, 0.3) is 0 Å². The molecule has 0 bridgehead atoms. The van der Waals surface area contributed by atoms with Crippen LogP contribution in [0.1, 0.15) is 40.3 Å². The molecule has 5 aromatic carbocycles. The molecule has 0 amide bonds. The lowest BCUT2D eigenvalue weighted by molar-refractivity contribution is -0.384. The first-order valence-corrected chi connectivity index (χ1v) is 17.7. The Morgan fingerprint density at radius 2 is 1.22 bits per heavy atom. The largest absolute Gasteiger partial charge is 0.494 e. The number of halogens is 1. The summed E-state index contributed by atoms with van der Waals surface area (Å²) >= 11 is 6.83. The first kappa shape index (κ1) is 36.7. The van der Waals surface area contributed by atoms with E-state index in [4.69, 9.17) is 40.0 Å². The number of hydrogen-bond acceptors (Lipinski definition) is 7. The summed E-state index contributed by atoms with van der Waals surface area (Å²) in [5, 5.41) is 11.5. The highest BCUT2D eigenvalue weighted by atomic mass is 35.5. The van der Waals surface area contributed by atoms with Gasteiger partial charge in [0.1, 0.15) is 30.2 Å². The topological polar surface area (TPSA) is 75.6 Å². The SMILES string of the molecule is CCOc1ccc(Cc2cc([C@]3(OC)O[C@H](CO)[C@@H](OCc4ccccc4)[C@H](OCc4ccccc4)[C@H]3OCc3ccccc3)ccc2Cl)cc1. The van der Waals surface area contributed by atoms with Crippen molar-refractivity contribution in [2.45, 2.75) is 63.4 Å². The van der Waals surface area contributed by atoms with Gasteiger partial charge in [-0.1, -0.05) is 121 Å². The maximum Gasteiger partial charge on any atom is 0.225 e. The lowest BCUT2D eigenvalue weighted by atomic mass is 9.86. The highest BCUT2D eigenvalue weighted by Crippen LogP contribution is 2.44. The van der Waals surface area contributed by atoms with E-state index in [0.29, 0.717) is 23.6 Å². The maximum atomic E-state index is 10.9. The Labute approximate surface area is 305 Å². The van der Waals surface area contributed by atoms with Gasteiger partial charge < -0.3 is 33.5 Å². The Kier molecular flexibility index (Phi) is 12.9. The highest BCUT2D eigenvalue weighted by Gasteiger charge is 2.58. The first-order chi connectivity index (χ1) is 25.0. The lowest BCUT2D eigenvalue weighted by Gasteiger charge is -2.52. The van der Waals surface area contributed by atoms with Crippen LogP contribution in [0.4, 0.5) is 0 Å². The standard InChI is InChI=1S/C43H45ClO7/c1-3-47-37-22-19-31(20-23-37)25-35-26-36(21-24-38(35)44)43(46-2)42(50-30-34-17-11-6-12-18-34)41(49-29-33-15-9-5-10-16-33)40(39(27-45)51-43)48-28-32-13-7-4-8-14-32/h4-24,26,39-42,45H,3,25,27-30H2,1-2H3/t39-,40-,41+,42-,43+/m1/s1. The Morgan fingerprint density at radius 1 is 0.667 bits per heavy atom. The summed E-state index contributed by atoms with van der Waals surface area (Å²) in [5.74, 6) is -0.692. The molecule has 1 heterocycles. The minimum Gasteiger partial charge on any atom is -0.494 e. The fraction of sp³-hybridized carbons (Fsp3) is 0.302. The molecule has 266 valence electrons. The quantitative estimate of drug-likeness (QED) is 0.111. The van der Waals surface area contributed by atoms with Crippen LogP contribution in [0.2, 0.25) is 5.02 Å². The summed E-state index contributed by atoms with van der Waals surface area (Å²) in [5.41, 5.74) is 5.57. The second-order valence-electron chi connectivity index (χ2n) is 12.5. The molecule has 1 fully saturated rings. The third-order valence-corrected chi connectivity index (χ3v) is 9.46. The van der Waals surface area contributed by atoms with Crippen molar-refractivity contribution in [1.82, 2.24) is 0 Å². The van der Waals surface area contributed by atoms with Gasteiger partial charge in [-0.15, -0.1) is 0 Å². The molecule has 6 rings (SSSR count). The van der Waals surface area contributed by atoms with Crippen molar-refractivity contribution in [1.29, 1.82) is 0 Å². The van der Waals surface area contributed by atoms with Crippen molar-refractivity contribution < 1.29 is 33.5 Å². The summed E-state index contributed by atoms with van der Waals surface area (Å²) in [7, 11) is 1.59. The van der Waals surface area contributed by atoms with E-state index < -0.39 is 30.2 Å². The van der Waals surface area contributed by atoms with Crippen LogP contribution >= 0.6 is 11.6 Å². The van der Waals surface area contributed by atoms with E-state index in [1.807, 2.05) is 140 Å². The number of ether oxygens (including phenoxy) is 6. The minimum absolute atomic E-state index is 0.257. The molecule has 51 heavy (non-hydrogen) atoms. The van der Waals surface area contributed by atoms with Crippen molar-refractivity contribution in [3.8, 4) is 5.75 Å². The van der Waals surface area contributed by atoms with Gasteiger partial charge in [-0.05, 0) is 65.4 Å². The van der Waals surface area contributed by atoms with Gasteiger partial charge in [-0.3, -0.25) is 0 Å². The number of aliphatic hydroxyl groups excluding tert-OH is 1. The molecule has 0 aliphatic carbocycles. The number of hydrogen-bond donors (Lipinski definition) is 1. The third kappa shape index (κ3) is 9.07. The zero-order chi connectivity index (χ0) is 35.5. The number of rotatable bonds is 16. The van der Waals surface area contributed by atoms with Gasteiger partial charge in [0, 0.05) is 17.7 Å². The van der Waals surface area contributed by atoms with Crippen LogP contribution in [-0.2, 0) is 55.7 Å². The van der Waals surface area contributed by atoms with E-state index in [1.54, 1.807) is 7.11 Å². The molecule has 1 aliphatic heterocycles. The third-order valence-electron chi connectivity index (χ3n) is 9.09. The summed E-state index contributed by atoms with van der Waals surface area (Å²) in [6, 6.07) is 43.5.